The molecule has 0 spiro atoms. The number of hydrogen-bond acceptors (Lipinski definition) is 4. The van der Waals surface area contributed by atoms with Gasteiger partial charge >= 0.3 is 0 Å². The van der Waals surface area contributed by atoms with Gasteiger partial charge < -0.3 is 16.4 Å². The van der Waals surface area contributed by atoms with E-state index in [1.807, 2.05) is 37.3 Å². The van der Waals surface area contributed by atoms with Gasteiger partial charge in [-0.3, -0.25) is 9.69 Å². The zero-order valence-electron chi connectivity index (χ0n) is 15.0. The minimum Gasteiger partial charge on any atom is -0.398 e. The highest BCUT2D eigenvalue weighted by atomic mass is 16.1. The fraction of sp³-hybridized carbons (Fsp3) is 0.350. The first kappa shape index (κ1) is 17.5. The summed E-state index contributed by atoms with van der Waals surface area (Å²) in [5.74, 6) is -0.416. The molecule has 3 rings (SSSR count). The Hall–Kier alpha value is -2.37. The number of carbonyl (C=O) groups is 1. The highest BCUT2D eigenvalue weighted by molar-refractivity contribution is 6.00. The van der Waals surface area contributed by atoms with E-state index in [4.69, 9.17) is 11.5 Å². The third-order valence-electron chi connectivity index (χ3n) is 4.94. The van der Waals surface area contributed by atoms with Gasteiger partial charge in [0, 0.05) is 44.0 Å². The maximum Gasteiger partial charge on any atom is 0.249 e. The summed E-state index contributed by atoms with van der Waals surface area (Å²) in [7, 11) is 2.15. The van der Waals surface area contributed by atoms with E-state index in [1.165, 1.54) is 5.56 Å². The lowest BCUT2D eigenvalue weighted by atomic mass is 9.95. The van der Waals surface area contributed by atoms with E-state index in [2.05, 4.69) is 22.9 Å². The lowest BCUT2D eigenvalue weighted by molar-refractivity contribution is 0.100. The van der Waals surface area contributed by atoms with Crippen LogP contribution in [0.3, 0.4) is 0 Å². The Morgan fingerprint density at radius 1 is 1.08 bits per heavy atom. The van der Waals surface area contributed by atoms with Crippen LogP contribution in [0.15, 0.2) is 36.4 Å². The van der Waals surface area contributed by atoms with Gasteiger partial charge in [0.2, 0.25) is 5.91 Å². The van der Waals surface area contributed by atoms with Crippen LogP contribution < -0.4 is 11.5 Å². The van der Waals surface area contributed by atoms with Gasteiger partial charge in [0.25, 0.3) is 0 Å². The number of amides is 1. The number of nitrogens with two attached hydrogens (primary N) is 2. The van der Waals surface area contributed by atoms with Gasteiger partial charge in [-0.2, -0.15) is 0 Å². The second-order valence-electron chi connectivity index (χ2n) is 6.89. The van der Waals surface area contributed by atoms with Crippen molar-refractivity contribution >= 4 is 11.6 Å². The number of piperazine rings is 1. The van der Waals surface area contributed by atoms with Gasteiger partial charge in [0.05, 0.1) is 0 Å². The van der Waals surface area contributed by atoms with Crippen molar-refractivity contribution in [3.63, 3.8) is 0 Å². The molecule has 1 amide bonds. The van der Waals surface area contributed by atoms with Crippen molar-refractivity contribution in [2.45, 2.75) is 13.5 Å². The Balaban J connectivity index is 1.92. The average molecular weight is 338 g/mol. The van der Waals surface area contributed by atoms with E-state index in [1.54, 1.807) is 0 Å². The average Bonchev–Trinajstić information content (AvgIpc) is 2.59. The van der Waals surface area contributed by atoms with Crippen molar-refractivity contribution < 1.29 is 4.79 Å². The molecule has 1 aliphatic rings. The van der Waals surface area contributed by atoms with Crippen LogP contribution in [0.1, 0.15) is 21.5 Å². The molecule has 0 unspecified atom stereocenters. The second kappa shape index (κ2) is 7.25. The van der Waals surface area contributed by atoms with Gasteiger partial charge in [0.15, 0.2) is 0 Å². The van der Waals surface area contributed by atoms with E-state index in [9.17, 15) is 4.79 Å². The maximum absolute atomic E-state index is 11.9. The Labute approximate surface area is 149 Å². The zero-order valence-corrected chi connectivity index (χ0v) is 15.0. The molecule has 1 heterocycles. The molecule has 1 saturated heterocycles. The van der Waals surface area contributed by atoms with Crippen molar-refractivity contribution in [1.29, 1.82) is 0 Å². The van der Waals surface area contributed by atoms with E-state index in [0.29, 0.717) is 5.56 Å². The van der Waals surface area contributed by atoms with Crippen LogP contribution in [0, 0.1) is 6.92 Å². The summed E-state index contributed by atoms with van der Waals surface area (Å²) in [6, 6.07) is 11.8. The first-order chi connectivity index (χ1) is 11.9. The number of anilines is 1. The maximum atomic E-state index is 11.9. The SMILES string of the molecule is Cc1ccc(-c2cc(CN3CCN(C)CC3)ccc2C(N)=O)cc1N. The third-order valence-corrected chi connectivity index (χ3v) is 4.94. The largest absolute Gasteiger partial charge is 0.398 e. The van der Waals surface area contributed by atoms with Gasteiger partial charge in [-0.25, -0.2) is 0 Å². The van der Waals surface area contributed by atoms with Crippen LogP contribution in [0.2, 0.25) is 0 Å². The summed E-state index contributed by atoms with van der Waals surface area (Å²) < 4.78 is 0. The molecule has 5 nitrogen and oxygen atoms in total. The Bertz CT molecular complexity index is 779. The van der Waals surface area contributed by atoms with Gasteiger partial charge in [0.1, 0.15) is 0 Å². The summed E-state index contributed by atoms with van der Waals surface area (Å²) in [4.78, 5) is 16.6. The van der Waals surface area contributed by atoms with Crippen molar-refractivity contribution in [2.24, 2.45) is 5.73 Å². The molecule has 1 aliphatic heterocycles. The molecule has 0 aliphatic carbocycles. The van der Waals surface area contributed by atoms with Crippen molar-refractivity contribution in [1.82, 2.24) is 9.80 Å². The molecule has 2 aromatic rings. The second-order valence-corrected chi connectivity index (χ2v) is 6.89. The van der Waals surface area contributed by atoms with E-state index in [-0.39, 0.29) is 0 Å². The molecule has 0 aromatic heterocycles. The number of benzene rings is 2. The van der Waals surface area contributed by atoms with E-state index >= 15 is 0 Å². The van der Waals surface area contributed by atoms with Gasteiger partial charge in [-0.1, -0.05) is 18.2 Å². The van der Waals surface area contributed by atoms with Crippen LogP contribution in [-0.2, 0) is 6.54 Å². The lowest BCUT2D eigenvalue weighted by Gasteiger charge is -2.32. The van der Waals surface area contributed by atoms with Crippen LogP contribution in [0.5, 0.6) is 0 Å². The summed E-state index contributed by atoms with van der Waals surface area (Å²) in [5, 5.41) is 0. The predicted molar refractivity (Wildman–Crippen MR) is 102 cm³/mol. The Morgan fingerprint density at radius 2 is 1.80 bits per heavy atom. The van der Waals surface area contributed by atoms with Crippen molar-refractivity contribution in [3.05, 3.63) is 53.1 Å². The van der Waals surface area contributed by atoms with Gasteiger partial charge in [-0.05, 0) is 54.4 Å². The molecule has 0 bridgehead atoms. The van der Waals surface area contributed by atoms with Crippen LogP contribution in [0.25, 0.3) is 11.1 Å². The highest BCUT2D eigenvalue weighted by Crippen LogP contribution is 2.28. The highest BCUT2D eigenvalue weighted by Gasteiger charge is 2.16. The first-order valence-corrected chi connectivity index (χ1v) is 8.64. The van der Waals surface area contributed by atoms with Crippen molar-refractivity contribution in [3.8, 4) is 11.1 Å². The number of rotatable bonds is 4. The third kappa shape index (κ3) is 4.00. The van der Waals surface area contributed by atoms with Crippen LogP contribution in [0.4, 0.5) is 5.69 Å². The summed E-state index contributed by atoms with van der Waals surface area (Å²) in [5.41, 5.74) is 16.9. The summed E-state index contributed by atoms with van der Waals surface area (Å²) in [6.07, 6.45) is 0. The number of primary amides is 1. The standard InChI is InChI=1S/C20H26N4O/c1-14-3-5-16(12-19(14)21)18-11-15(4-6-17(18)20(22)25)13-24-9-7-23(2)8-10-24/h3-6,11-12H,7-10,13,21H2,1-2H3,(H2,22,25). The topological polar surface area (TPSA) is 75.6 Å². The van der Waals surface area contributed by atoms with E-state index in [0.717, 1.165) is 55.1 Å². The molecule has 4 N–H and O–H groups in total. The molecule has 0 radical (unpaired) electrons. The van der Waals surface area contributed by atoms with Crippen LogP contribution >= 0.6 is 0 Å². The van der Waals surface area contributed by atoms with E-state index < -0.39 is 5.91 Å². The van der Waals surface area contributed by atoms with Gasteiger partial charge in [-0.15, -0.1) is 0 Å². The fourth-order valence-electron chi connectivity index (χ4n) is 3.22. The molecular weight excluding hydrogens is 312 g/mol. The quantitative estimate of drug-likeness (QED) is 0.837. The number of hydrogen-bond donors (Lipinski definition) is 2. The smallest absolute Gasteiger partial charge is 0.249 e. The monoisotopic (exact) mass is 338 g/mol. The summed E-state index contributed by atoms with van der Waals surface area (Å²) in [6.45, 7) is 7.13. The number of aryl methyl sites for hydroxylation is 1. The Kier molecular flexibility index (Phi) is 5.06. The van der Waals surface area contributed by atoms with Crippen molar-refractivity contribution in [2.75, 3.05) is 39.0 Å². The minimum absolute atomic E-state index is 0.416. The molecular formula is C20H26N4O. The Morgan fingerprint density at radius 3 is 2.44 bits per heavy atom. The summed E-state index contributed by atoms with van der Waals surface area (Å²) >= 11 is 0. The van der Waals surface area contributed by atoms with Crippen LogP contribution in [-0.4, -0.2) is 48.9 Å². The molecule has 5 heteroatoms. The molecule has 132 valence electrons. The minimum atomic E-state index is -0.416. The first-order valence-electron chi connectivity index (χ1n) is 8.64. The normalized spacial score (nSPS) is 16.1. The molecule has 1 fully saturated rings. The predicted octanol–water partition coefficient (Wildman–Crippen LogP) is 2.09. The number of likely N-dealkylation sites (N-methyl/N-ethyl adjacent to an activating group) is 1. The molecule has 0 atom stereocenters. The molecule has 25 heavy (non-hydrogen) atoms. The molecule has 0 saturated carbocycles. The number of carbonyl (C=O) groups excluding carboxylic acids is 1. The molecule has 2 aromatic carbocycles. The lowest BCUT2D eigenvalue weighted by Crippen LogP contribution is -2.43. The zero-order chi connectivity index (χ0) is 18.0. The number of nitrogen functional groups attached to an aromatic ring is 1. The number of nitrogens with zero attached hydrogens (tertiary/aromatic N) is 2. The fourth-order valence-corrected chi connectivity index (χ4v) is 3.22.